The van der Waals surface area contributed by atoms with Crippen LogP contribution in [-0.2, 0) is 12.0 Å². The van der Waals surface area contributed by atoms with Gasteiger partial charge in [0.15, 0.2) is 0 Å². The van der Waals surface area contributed by atoms with Gasteiger partial charge in [-0.2, -0.15) is 0 Å². The molecule has 2 aliphatic rings. The minimum Gasteiger partial charge on any atom is -0.350 e. The molecule has 2 fully saturated rings. The third-order valence-electron chi connectivity index (χ3n) is 4.71. The van der Waals surface area contributed by atoms with E-state index in [0.29, 0.717) is 6.54 Å². The van der Waals surface area contributed by atoms with Crippen molar-refractivity contribution >= 4 is 0 Å². The summed E-state index contributed by atoms with van der Waals surface area (Å²) in [6.45, 7) is 2.70. The van der Waals surface area contributed by atoms with Crippen LogP contribution in [0.5, 0.6) is 0 Å². The maximum absolute atomic E-state index is 14.3. The summed E-state index contributed by atoms with van der Waals surface area (Å²) in [5, 5.41) is 3.40. The molecule has 1 aromatic heterocycles. The number of benzene rings is 1. The summed E-state index contributed by atoms with van der Waals surface area (Å²) in [4.78, 5) is 0. The molecule has 2 heterocycles. The van der Waals surface area contributed by atoms with Crippen molar-refractivity contribution in [2.75, 3.05) is 13.1 Å². The van der Waals surface area contributed by atoms with Crippen molar-refractivity contribution < 1.29 is 5.82 Å². The van der Waals surface area contributed by atoms with Gasteiger partial charge < -0.3 is 9.88 Å². The second-order valence-electron chi connectivity index (χ2n) is 5.85. The highest BCUT2D eigenvalue weighted by Gasteiger charge is 2.58. The van der Waals surface area contributed by atoms with Crippen LogP contribution >= 0.6 is 0 Å². The monoisotopic (exact) mass is 258 g/mol. The van der Waals surface area contributed by atoms with E-state index in [1.54, 1.807) is 6.07 Å². The van der Waals surface area contributed by atoms with Crippen LogP contribution in [0.15, 0.2) is 42.7 Å². The summed E-state index contributed by atoms with van der Waals surface area (Å²) < 4.78 is 16.2. The molecule has 1 N–H and O–H groups in total. The second kappa shape index (κ2) is 3.94. The third kappa shape index (κ3) is 1.72. The van der Waals surface area contributed by atoms with Crippen molar-refractivity contribution in [2.24, 2.45) is 5.92 Å². The van der Waals surface area contributed by atoms with E-state index >= 15 is 0 Å². The predicted octanol–water partition coefficient (Wildman–Crippen LogP) is 2.78. The largest absolute Gasteiger partial charge is 0.350 e. The Morgan fingerprint density at radius 3 is 2.84 bits per heavy atom. The van der Waals surface area contributed by atoms with Crippen LogP contribution in [-0.4, -0.2) is 17.7 Å². The molecule has 2 unspecified atom stereocenters. The van der Waals surface area contributed by atoms with Crippen molar-refractivity contribution in [3.63, 3.8) is 0 Å². The van der Waals surface area contributed by atoms with E-state index in [-0.39, 0.29) is 12.7 Å². The van der Waals surface area contributed by atoms with Gasteiger partial charge in [0.25, 0.3) is 0 Å². The van der Waals surface area contributed by atoms with Crippen molar-refractivity contribution in [3.8, 4) is 0 Å². The Morgan fingerprint density at radius 1 is 1.37 bits per heavy atom. The van der Waals surface area contributed by atoms with Crippen LogP contribution < -0.4 is 5.32 Å². The smallest absolute Gasteiger partial charge is 0.128 e. The maximum atomic E-state index is 14.3. The normalized spacial score (nSPS) is 28.4. The van der Waals surface area contributed by atoms with Crippen molar-refractivity contribution in [1.82, 2.24) is 9.88 Å². The molecule has 0 bridgehead atoms. The minimum atomic E-state index is -0.0712. The first kappa shape index (κ1) is 11.2. The van der Waals surface area contributed by atoms with Gasteiger partial charge in [-0.05, 0) is 42.6 Å². The average Bonchev–Trinajstić information content (AvgIpc) is 2.82. The average molecular weight is 258 g/mol. The standard InChI is InChI=1S/C16H17FN2.H2/c17-15-7-13(16-8-14(16)9-18-11-16)4-3-12(15)10-19-5-1-2-6-19;/h1-7,14,18H,8-11H2;1H. The van der Waals surface area contributed by atoms with Crippen LogP contribution in [0.3, 0.4) is 0 Å². The summed E-state index contributed by atoms with van der Waals surface area (Å²) >= 11 is 0. The van der Waals surface area contributed by atoms with E-state index < -0.39 is 0 Å². The zero-order chi connectivity index (χ0) is 12.9. The molecule has 2 atom stereocenters. The van der Waals surface area contributed by atoms with Gasteiger partial charge in [0, 0.05) is 37.9 Å². The third-order valence-corrected chi connectivity index (χ3v) is 4.71. The van der Waals surface area contributed by atoms with E-state index in [0.717, 1.165) is 24.6 Å². The molecule has 19 heavy (non-hydrogen) atoms. The van der Waals surface area contributed by atoms with E-state index in [2.05, 4.69) is 11.4 Å². The van der Waals surface area contributed by atoms with Gasteiger partial charge >= 0.3 is 0 Å². The summed E-state index contributed by atoms with van der Waals surface area (Å²) in [5.74, 6) is 0.653. The Morgan fingerprint density at radius 2 is 2.21 bits per heavy atom. The first-order chi connectivity index (χ1) is 9.28. The Balaban J connectivity index is 0.00000121. The number of nitrogens with zero attached hydrogens (tertiary/aromatic N) is 1. The molecule has 1 aromatic carbocycles. The summed E-state index contributed by atoms with van der Waals surface area (Å²) in [5.41, 5.74) is 2.18. The number of piperidine rings is 1. The highest BCUT2D eigenvalue weighted by atomic mass is 19.1. The summed E-state index contributed by atoms with van der Waals surface area (Å²) in [6.07, 6.45) is 5.14. The van der Waals surface area contributed by atoms with Crippen molar-refractivity contribution in [3.05, 3.63) is 59.7 Å². The lowest BCUT2D eigenvalue weighted by molar-refractivity contribution is 0.590. The predicted molar refractivity (Wildman–Crippen MR) is 74.7 cm³/mol. The van der Waals surface area contributed by atoms with Gasteiger partial charge in [0.2, 0.25) is 0 Å². The molecule has 3 heteroatoms. The Bertz CT molecular complexity index is 611. The molecule has 2 aromatic rings. The minimum absolute atomic E-state index is 0. The van der Waals surface area contributed by atoms with Gasteiger partial charge in [0.05, 0.1) is 0 Å². The van der Waals surface area contributed by atoms with Crippen molar-refractivity contribution in [1.29, 1.82) is 0 Å². The molecular weight excluding hydrogens is 239 g/mol. The topological polar surface area (TPSA) is 17.0 Å². The lowest BCUT2D eigenvalue weighted by Gasteiger charge is -2.14. The van der Waals surface area contributed by atoms with Crippen LogP contribution in [0.25, 0.3) is 0 Å². The SMILES string of the molecule is Fc1cc(C23CNCC2C3)ccc1Cn1cccc1.[HH]. The van der Waals surface area contributed by atoms with Gasteiger partial charge in [0.1, 0.15) is 5.82 Å². The van der Waals surface area contributed by atoms with Crippen LogP contribution in [0.1, 0.15) is 19.0 Å². The van der Waals surface area contributed by atoms with Gasteiger partial charge in [-0.15, -0.1) is 0 Å². The van der Waals surface area contributed by atoms with Gasteiger partial charge in [-0.1, -0.05) is 12.1 Å². The molecule has 0 radical (unpaired) electrons. The lowest BCUT2D eigenvalue weighted by Crippen LogP contribution is -2.19. The van der Waals surface area contributed by atoms with Crippen molar-refractivity contribution in [2.45, 2.75) is 18.4 Å². The molecule has 1 aliphatic carbocycles. The maximum Gasteiger partial charge on any atom is 0.128 e. The number of aromatic nitrogens is 1. The van der Waals surface area contributed by atoms with E-state index in [1.807, 2.05) is 35.2 Å². The molecule has 1 saturated heterocycles. The molecule has 1 aliphatic heterocycles. The first-order valence-electron chi connectivity index (χ1n) is 6.88. The quantitative estimate of drug-likeness (QED) is 0.895. The number of hydrogen-bond acceptors (Lipinski definition) is 1. The molecule has 1 saturated carbocycles. The number of hydrogen-bond donors (Lipinski definition) is 1. The Kier molecular flexibility index (Phi) is 2.33. The zero-order valence-corrected chi connectivity index (χ0v) is 10.8. The molecule has 0 spiro atoms. The highest BCUT2D eigenvalue weighted by Crippen LogP contribution is 2.56. The molecule has 100 valence electrons. The summed E-state index contributed by atoms with van der Waals surface area (Å²) in [7, 11) is 0. The molecular formula is C16H19FN2. The van der Waals surface area contributed by atoms with Crippen LogP contribution in [0, 0.1) is 11.7 Å². The number of rotatable bonds is 3. The van der Waals surface area contributed by atoms with Gasteiger partial charge in [-0.25, -0.2) is 4.39 Å². The Labute approximate surface area is 113 Å². The molecule has 4 rings (SSSR count). The Hall–Kier alpha value is -1.61. The van der Waals surface area contributed by atoms with E-state index in [9.17, 15) is 4.39 Å². The van der Waals surface area contributed by atoms with Crippen LogP contribution in [0.2, 0.25) is 0 Å². The fraction of sp³-hybridized carbons (Fsp3) is 0.375. The van der Waals surface area contributed by atoms with E-state index in [4.69, 9.17) is 0 Å². The zero-order valence-electron chi connectivity index (χ0n) is 10.8. The number of halogens is 1. The second-order valence-corrected chi connectivity index (χ2v) is 5.85. The first-order valence-corrected chi connectivity index (χ1v) is 6.88. The lowest BCUT2D eigenvalue weighted by atomic mass is 9.94. The van der Waals surface area contributed by atoms with Crippen LogP contribution in [0.4, 0.5) is 4.39 Å². The number of fused-ring (bicyclic) bond motifs is 1. The van der Waals surface area contributed by atoms with Gasteiger partial charge in [-0.3, -0.25) is 0 Å². The highest BCUT2D eigenvalue weighted by molar-refractivity contribution is 5.39. The molecule has 2 nitrogen and oxygen atoms in total. The van der Waals surface area contributed by atoms with E-state index in [1.165, 1.54) is 12.0 Å². The molecule has 0 amide bonds. The fourth-order valence-corrected chi connectivity index (χ4v) is 3.45. The number of nitrogens with one attached hydrogen (secondary N) is 1. The fourth-order valence-electron chi connectivity index (χ4n) is 3.45. The summed E-state index contributed by atoms with van der Waals surface area (Å²) in [6, 6.07) is 9.75.